The van der Waals surface area contributed by atoms with Crippen molar-refractivity contribution in [2.45, 2.75) is 37.1 Å². The minimum absolute atomic E-state index is 0.0851. The molecule has 9 heteroatoms. The van der Waals surface area contributed by atoms with Crippen molar-refractivity contribution < 1.29 is 22.7 Å². The summed E-state index contributed by atoms with van der Waals surface area (Å²) in [6.45, 7) is 4.95. The van der Waals surface area contributed by atoms with Gasteiger partial charge >= 0.3 is 0 Å². The average molecular weight is 426 g/mol. The molecule has 0 saturated carbocycles. The second-order valence-electron chi connectivity index (χ2n) is 7.62. The predicted octanol–water partition coefficient (Wildman–Crippen LogP) is 1.41. The number of nitrogens with zero attached hydrogens (tertiary/aromatic N) is 3. The number of rotatable bonds is 6. The molecule has 2 saturated heterocycles. The van der Waals surface area contributed by atoms with Gasteiger partial charge in [0.25, 0.3) is 0 Å². The molecule has 0 radical (unpaired) electrons. The van der Waals surface area contributed by atoms with Gasteiger partial charge in [-0.05, 0) is 38.4 Å². The molecule has 1 aromatic rings. The Balaban J connectivity index is 1.61. The number of sulfonamides is 1. The van der Waals surface area contributed by atoms with Gasteiger partial charge in [0.05, 0.1) is 25.7 Å². The van der Waals surface area contributed by atoms with Crippen molar-refractivity contribution in [2.75, 3.05) is 53.5 Å². The fourth-order valence-corrected chi connectivity index (χ4v) is 5.41. The third-order valence-corrected chi connectivity index (χ3v) is 7.76. The lowest BCUT2D eigenvalue weighted by atomic mass is 10.0. The van der Waals surface area contributed by atoms with E-state index >= 15 is 0 Å². The van der Waals surface area contributed by atoms with Crippen LogP contribution in [-0.4, -0.2) is 88.0 Å². The van der Waals surface area contributed by atoms with Gasteiger partial charge < -0.3 is 14.4 Å². The maximum Gasteiger partial charge on any atom is 0.243 e. The second kappa shape index (κ2) is 9.32. The summed E-state index contributed by atoms with van der Waals surface area (Å²) in [5.74, 6) is 0.939. The number of ether oxygens (including phenoxy) is 2. The average Bonchev–Trinajstić information content (AvgIpc) is 2.74. The number of amides is 1. The molecule has 2 aliphatic heterocycles. The van der Waals surface area contributed by atoms with Crippen molar-refractivity contribution in [3.05, 3.63) is 18.2 Å². The largest absolute Gasteiger partial charge is 0.493 e. The fraction of sp³-hybridized carbons (Fsp3) is 0.650. The molecule has 162 valence electrons. The Morgan fingerprint density at radius 3 is 2.34 bits per heavy atom. The lowest BCUT2D eigenvalue weighted by Crippen LogP contribution is -2.53. The minimum atomic E-state index is -3.66. The quantitative estimate of drug-likeness (QED) is 0.686. The Morgan fingerprint density at radius 2 is 1.72 bits per heavy atom. The van der Waals surface area contributed by atoms with Crippen molar-refractivity contribution in [2.24, 2.45) is 0 Å². The van der Waals surface area contributed by atoms with Gasteiger partial charge in [0.15, 0.2) is 11.5 Å². The minimum Gasteiger partial charge on any atom is -0.493 e. The summed E-state index contributed by atoms with van der Waals surface area (Å²) in [6.07, 6.45) is 3.48. The fourth-order valence-electron chi connectivity index (χ4n) is 3.97. The van der Waals surface area contributed by atoms with E-state index in [-0.39, 0.29) is 23.9 Å². The third-order valence-electron chi connectivity index (χ3n) is 5.86. The second-order valence-corrected chi connectivity index (χ2v) is 9.55. The summed E-state index contributed by atoms with van der Waals surface area (Å²) in [6, 6.07) is 5.01. The molecule has 2 aliphatic rings. The van der Waals surface area contributed by atoms with E-state index in [4.69, 9.17) is 9.47 Å². The van der Waals surface area contributed by atoms with Crippen LogP contribution in [0.4, 0.5) is 0 Å². The normalized spacial score (nSPS) is 21.8. The summed E-state index contributed by atoms with van der Waals surface area (Å²) in [7, 11) is -0.674. The number of hydrogen-bond acceptors (Lipinski definition) is 6. The Morgan fingerprint density at radius 1 is 1.03 bits per heavy atom. The molecule has 1 atom stereocenters. The van der Waals surface area contributed by atoms with Gasteiger partial charge in [0.2, 0.25) is 15.9 Å². The number of methoxy groups -OCH3 is 2. The van der Waals surface area contributed by atoms with Crippen LogP contribution in [0.25, 0.3) is 0 Å². The molecule has 3 rings (SSSR count). The third kappa shape index (κ3) is 4.84. The standard InChI is InChI=1S/C20H31N3O5S/c1-16-6-4-5-9-22(16)15-20(24)21-10-12-23(13-11-21)29(25,26)17-7-8-18(27-2)19(14-17)28-3/h7-8,14,16H,4-6,9-13,15H2,1-3H3/t16-/m1/s1. The Labute approximate surface area is 173 Å². The van der Waals surface area contributed by atoms with Crippen molar-refractivity contribution in [1.29, 1.82) is 0 Å². The first-order chi connectivity index (χ1) is 13.9. The highest BCUT2D eigenvalue weighted by atomic mass is 32.2. The van der Waals surface area contributed by atoms with Crippen LogP contribution in [0.5, 0.6) is 11.5 Å². The van der Waals surface area contributed by atoms with Crippen molar-refractivity contribution in [3.63, 3.8) is 0 Å². The Kier molecular flexibility index (Phi) is 7.02. The summed E-state index contributed by atoms with van der Waals surface area (Å²) in [5.41, 5.74) is 0. The zero-order chi connectivity index (χ0) is 21.0. The van der Waals surface area contributed by atoms with E-state index in [1.807, 2.05) is 0 Å². The Hall–Kier alpha value is -1.84. The monoisotopic (exact) mass is 425 g/mol. The maximum atomic E-state index is 13.0. The van der Waals surface area contributed by atoms with Gasteiger partial charge in [0, 0.05) is 38.3 Å². The van der Waals surface area contributed by atoms with E-state index in [0.29, 0.717) is 37.2 Å². The van der Waals surface area contributed by atoms with E-state index in [0.717, 1.165) is 19.4 Å². The van der Waals surface area contributed by atoms with Crippen LogP contribution in [0.1, 0.15) is 26.2 Å². The molecule has 1 amide bonds. The lowest BCUT2D eigenvalue weighted by Gasteiger charge is -2.37. The van der Waals surface area contributed by atoms with Crippen LogP contribution in [0.15, 0.2) is 23.1 Å². The number of likely N-dealkylation sites (tertiary alicyclic amines) is 1. The van der Waals surface area contributed by atoms with Crippen LogP contribution < -0.4 is 9.47 Å². The van der Waals surface area contributed by atoms with Gasteiger partial charge in [0.1, 0.15) is 0 Å². The molecule has 0 spiro atoms. The highest BCUT2D eigenvalue weighted by molar-refractivity contribution is 7.89. The first kappa shape index (κ1) is 21.9. The zero-order valence-electron chi connectivity index (χ0n) is 17.5. The van der Waals surface area contributed by atoms with Crippen LogP contribution in [0.2, 0.25) is 0 Å². The number of hydrogen-bond donors (Lipinski definition) is 0. The van der Waals surface area contributed by atoms with Gasteiger partial charge in [-0.1, -0.05) is 6.42 Å². The van der Waals surface area contributed by atoms with Gasteiger partial charge in [-0.25, -0.2) is 8.42 Å². The molecule has 0 unspecified atom stereocenters. The highest BCUT2D eigenvalue weighted by Gasteiger charge is 2.31. The molecule has 0 N–H and O–H groups in total. The lowest BCUT2D eigenvalue weighted by molar-refractivity contribution is -0.134. The molecule has 0 aliphatic carbocycles. The highest BCUT2D eigenvalue weighted by Crippen LogP contribution is 2.31. The topological polar surface area (TPSA) is 79.4 Å². The summed E-state index contributed by atoms with van der Waals surface area (Å²) in [5, 5.41) is 0. The van der Waals surface area contributed by atoms with E-state index in [9.17, 15) is 13.2 Å². The van der Waals surface area contributed by atoms with E-state index < -0.39 is 10.0 Å². The molecule has 1 aromatic carbocycles. The molecule has 2 heterocycles. The molecule has 2 fully saturated rings. The van der Waals surface area contributed by atoms with Crippen LogP contribution in [0.3, 0.4) is 0 Å². The number of piperidine rings is 1. The Bertz CT molecular complexity index is 821. The van der Waals surface area contributed by atoms with E-state index in [1.54, 1.807) is 11.0 Å². The van der Waals surface area contributed by atoms with E-state index in [2.05, 4.69) is 11.8 Å². The summed E-state index contributed by atoms with van der Waals surface area (Å²) >= 11 is 0. The maximum absolute atomic E-state index is 13.0. The van der Waals surface area contributed by atoms with Crippen molar-refractivity contribution in [1.82, 2.24) is 14.1 Å². The number of benzene rings is 1. The molecule has 0 aromatic heterocycles. The number of piperazine rings is 1. The number of carbonyl (C=O) groups excluding carboxylic acids is 1. The smallest absolute Gasteiger partial charge is 0.243 e. The van der Waals surface area contributed by atoms with Crippen LogP contribution >= 0.6 is 0 Å². The molecular weight excluding hydrogens is 394 g/mol. The van der Waals surface area contributed by atoms with Crippen molar-refractivity contribution in [3.8, 4) is 11.5 Å². The molecule has 29 heavy (non-hydrogen) atoms. The van der Waals surface area contributed by atoms with Crippen LogP contribution in [-0.2, 0) is 14.8 Å². The number of carbonyl (C=O) groups is 1. The van der Waals surface area contributed by atoms with Gasteiger partial charge in [-0.2, -0.15) is 4.31 Å². The summed E-state index contributed by atoms with van der Waals surface area (Å²) < 4.78 is 37.9. The first-order valence-corrected chi connectivity index (χ1v) is 11.5. The van der Waals surface area contributed by atoms with Crippen molar-refractivity contribution >= 4 is 15.9 Å². The molecule has 8 nitrogen and oxygen atoms in total. The molecular formula is C20H31N3O5S. The van der Waals surface area contributed by atoms with E-state index in [1.165, 1.54) is 37.1 Å². The molecule has 0 bridgehead atoms. The van der Waals surface area contributed by atoms with Gasteiger partial charge in [-0.3, -0.25) is 9.69 Å². The van der Waals surface area contributed by atoms with Crippen LogP contribution in [0, 0.1) is 0 Å². The van der Waals surface area contributed by atoms with Gasteiger partial charge in [-0.15, -0.1) is 0 Å². The summed E-state index contributed by atoms with van der Waals surface area (Å²) in [4.78, 5) is 16.9. The first-order valence-electron chi connectivity index (χ1n) is 10.1. The SMILES string of the molecule is COc1ccc(S(=O)(=O)N2CCN(C(=O)CN3CCCC[C@H]3C)CC2)cc1OC. The predicted molar refractivity (Wildman–Crippen MR) is 110 cm³/mol. The zero-order valence-corrected chi connectivity index (χ0v) is 18.3.